The monoisotopic (exact) mass is 430 g/mol. The van der Waals surface area contributed by atoms with Crippen molar-refractivity contribution in [2.45, 2.75) is 26.4 Å². The lowest BCUT2D eigenvalue weighted by atomic mass is 10.1. The number of hydrogen-bond donors (Lipinski definition) is 2. The molecule has 7 heteroatoms. The predicted molar refractivity (Wildman–Crippen MR) is 122 cm³/mol. The van der Waals surface area contributed by atoms with E-state index in [1.54, 1.807) is 24.5 Å². The molecule has 0 aliphatic rings. The van der Waals surface area contributed by atoms with Crippen molar-refractivity contribution in [2.75, 3.05) is 5.32 Å². The van der Waals surface area contributed by atoms with Crippen LogP contribution in [0.4, 0.5) is 10.1 Å². The standard InChI is InChI=1S/C25H23FN4O2/c1-2-30-22-8-7-21(29-24(31)13-17-3-5-20(26)6-4-17)14-19(22)15-23(30)25(32)28-16-18-9-11-27-12-10-18/h3-12,14-15H,2,13,16H2,1H3,(H,28,32)(H,29,31). The lowest BCUT2D eigenvalue weighted by molar-refractivity contribution is -0.115. The molecule has 2 aromatic heterocycles. The lowest BCUT2D eigenvalue weighted by Gasteiger charge is -2.09. The topological polar surface area (TPSA) is 76.0 Å². The molecule has 2 heterocycles. The van der Waals surface area contributed by atoms with E-state index >= 15 is 0 Å². The number of nitrogens with zero attached hydrogens (tertiary/aromatic N) is 2. The van der Waals surface area contributed by atoms with Gasteiger partial charge in [-0.15, -0.1) is 0 Å². The maximum Gasteiger partial charge on any atom is 0.268 e. The van der Waals surface area contributed by atoms with Gasteiger partial charge in [0, 0.05) is 42.1 Å². The number of hydrogen-bond acceptors (Lipinski definition) is 3. The molecular formula is C25H23FN4O2. The minimum Gasteiger partial charge on any atom is -0.347 e. The maximum atomic E-state index is 13.0. The van der Waals surface area contributed by atoms with E-state index in [9.17, 15) is 14.0 Å². The Bertz CT molecular complexity index is 1250. The first-order valence-electron chi connectivity index (χ1n) is 10.4. The molecule has 4 aromatic rings. The van der Waals surface area contributed by atoms with E-state index in [-0.39, 0.29) is 24.1 Å². The zero-order valence-electron chi connectivity index (χ0n) is 17.6. The van der Waals surface area contributed by atoms with Crippen LogP contribution in [0.15, 0.2) is 73.1 Å². The molecule has 0 saturated carbocycles. The molecule has 0 saturated heterocycles. The SMILES string of the molecule is CCn1c(C(=O)NCc2ccncc2)cc2cc(NC(=O)Cc3ccc(F)cc3)ccc21. The number of carbonyl (C=O) groups is 2. The van der Waals surface area contributed by atoms with Gasteiger partial charge < -0.3 is 15.2 Å². The summed E-state index contributed by atoms with van der Waals surface area (Å²) in [5.41, 5.74) is 3.82. The molecule has 32 heavy (non-hydrogen) atoms. The van der Waals surface area contributed by atoms with Gasteiger partial charge in [-0.25, -0.2) is 4.39 Å². The Hall–Kier alpha value is -4.00. The highest BCUT2D eigenvalue weighted by Crippen LogP contribution is 2.24. The van der Waals surface area contributed by atoms with E-state index in [1.807, 2.05) is 47.9 Å². The third kappa shape index (κ3) is 4.83. The summed E-state index contributed by atoms with van der Waals surface area (Å²) < 4.78 is 15.0. The van der Waals surface area contributed by atoms with Crippen molar-refractivity contribution >= 4 is 28.4 Å². The summed E-state index contributed by atoms with van der Waals surface area (Å²) in [7, 11) is 0. The second-order valence-electron chi connectivity index (χ2n) is 7.44. The molecule has 6 nitrogen and oxygen atoms in total. The predicted octanol–water partition coefficient (Wildman–Crippen LogP) is 4.31. The first kappa shape index (κ1) is 21.2. The molecular weight excluding hydrogens is 407 g/mol. The quantitative estimate of drug-likeness (QED) is 0.459. The van der Waals surface area contributed by atoms with Gasteiger partial charge in [0.2, 0.25) is 5.91 Å². The largest absolute Gasteiger partial charge is 0.347 e. The molecule has 0 bridgehead atoms. The van der Waals surface area contributed by atoms with Gasteiger partial charge in [-0.2, -0.15) is 0 Å². The molecule has 162 valence electrons. The average Bonchev–Trinajstić information content (AvgIpc) is 3.17. The van der Waals surface area contributed by atoms with Crippen LogP contribution in [0.3, 0.4) is 0 Å². The highest BCUT2D eigenvalue weighted by atomic mass is 19.1. The second-order valence-corrected chi connectivity index (χ2v) is 7.44. The van der Waals surface area contributed by atoms with E-state index in [2.05, 4.69) is 15.6 Å². The van der Waals surface area contributed by atoms with Gasteiger partial charge in [0.25, 0.3) is 5.91 Å². The van der Waals surface area contributed by atoms with E-state index in [0.717, 1.165) is 22.0 Å². The first-order chi connectivity index (χ1) is 15.5. The fraction of sp³-hybridized carbons (Fsp3) is 0.160. The van der Waals surface area contributed by atoms with Crippen LogP contribution in [0.2, 0.25) is 0 Å². The van der Waals surface area contributed by atoms with Gasteiger partial charge >= 0.3 is 0 Å². The van der Waals surface area contributed by atoms with Crippen LogP contribution < -0.4 is 10.6 Å². The molecule has 0 aliphatic heterocycles. The van der Waals surface area contributed by atoms with Crippen molar-refractivity contribution < 1.29 is 14.0 Å². The molecule has 0 unspecified atom stereocenters. The van der Waals surface area contributed by atoms with Crippen molar-refractivity contribution in [2.24, 2.45) is 0 Å². The van der Waals surface area contributed by atoms with E-state index < -0.39 is 0 Å². The van der Waals surface area contributed by atoms with Crippen molar-refractivity contribution in [3.05, 3.63) is 95.7 Å². The van der Waals surface area contributed by atoms with Gasteiger partial charge in [0.1, 0.15) is 11.5 Å². The van der Waals surface area contributed by atoms with Gasteiger partial charge in [-0.05, 0) is 66.6 Å². The van der Waals surface area contributed by atoms with Crippen LogP contribution >= 0.6 is 0 Å². The van der Waals surface area contributed by atoms with E-state index in [1.165, 1.54) is 12.1 Å². The Labute approximate surface area is 185 Å². The second kappa shape index (κ2) is 9.43. The zero-order chi connectivity index (χ0) is 22.5. The highest BCUT2D eigenvalue weighted by molar-refractivity contribution is 6.00. The molecule has 0 fully saturated rings. The number of fused-ring (bicyclic) bond motifs is 1. The summed E-state index contributed by atoms with van der Waals surface area (Å²) >= 11 is 0. The molecule has 0 radical (unpaired) electrons. The Morgan fingerprint density at radius 2 is 1.72 bits per heavy atom. The van der Waals surface area contributed by atoms with Crippen molar-refractivity contribution in [3.8, 4) is 0 Å². The third-order valence-electron chi connectivity index (χ3n) is 5.21. The molecule has 4 rings (SSSR count). The number of aromatic nitrogens is 2. The van der Waals surface area contributed by atoms with Crippen molar-refractivity contribution in [1.82, 2.24) is 14.9 Å². The minimum atomic E-state index is -0.333. The Kier molecular flexibility index (Phi) is 6.26. The number of pyridine rings is 1. The van der Waals surface area contributed by atoms with E-state index in [4.69, 9.17) is 0 Å². The van der Waals surface area contributed by atoms with Crippen LogP contribution in [-0.4, -0.2) is 21.4 Å². The number of benzene rings is 2. The van der Waals surface area contributed by atoms with Gasteiger partial charge in [-0.1, -0.05) is 12.1 Å². The molecule has 2 aromatic carbocycles. The van der Waals surface area contributed by atoms with Crippen molar-refractivity contribution in [1.29, 1.82) is 0 Å². The maximum absolute atomic E-state index is 13.0. The fourth-order valence-electron chi connectivity index (χ4n) is 3.64. The summed E-state index contributed by atoms with van der Waals surface area (Å²) in [4.78, 5) is 29.2. The molecule has 2 N–H and O–H groups in total. The van der Waals surface area contributed by atoms with Crippen LogP contribution in [-0.2, 0) is 24.3 Å². The number of nitrogens with one attached hydrogen (secondary N) is 2. The first-order valence-corrected chi connectivity index (χ1v) is 10.4. The molecule has 2 amide bonds. The normalized spacial score (nSPS) is 10.8. The van der Waals surface area contributed by atoms with Crippen LogP contribution in [0.1, 0.15) is 28.5 Å². The lowest BCUT2D eigenvalue weighted by Crippen LogP contribution is -2.25. The number of aryl methyl sites for hydroxylation is 1. The van der Waals surface area contributed by atoms with Crippen LogP contribution in [0, 0.1) is 5.82 Å². The van der Waals surface area contributed by atoms with Crippen molar-refractivity contribution in [3.63, 3.8) is 0 Å². The number of amides is 2. The van der Waals surface area contributed by atoms with Gasteiger partial charge in [-0.3, -0.25) is 14.6 Å². The number of halogens is 1. The smallest absolute Gasteiger partial charge is 0.268 e. The van der Waals surface area contributed by atoms with E-state index in [0.29, 0.717) is 24.5 Å². The summed E-state index contributed by atoms with van der Waals surface area (Å²) in [6.45, 7) is 3.03. The Balaban J connectivity index is 1.49. The minimum absolute atomic E-state index is 0.150. The summed E-state index contributed by atoms with van der Waals surface area (Å²) in [5, 5.41) is 6.68. The Morgan fingerprint density at radius 3 is 2.44 bits per heavy atom. The number of rotatable bonds is 7. The molecule has 0 spiro atoms. The summed E-state index contributed by atoms with van der Waals surface area (Å²) in [6, 6.07) is 17.0. The van der Waals surface area contributed by atoms with Gasteiger partial charge in [0.15, 0.2) is 0 Å². The molecule has 0 atom stereocenters. The fourth-order valence-corrected chi connectivity index (χ4v) is 3.64. The zero-order valence-corrected chi connectivity index (χ0v) is 17.6. The number of anilines is 1. The Morgan fingerprint density at radius 1 is 0.969 bits per heavy atom. The third-order valence-corrected chi connectivity index (χ3v) is 5.21. The molecule has 0 aliphatic carbocycles. The summed E-state index contributed by atoms with van der Waals surface area (Å²) in [6.07, 6.45) is 3.53. The van der Waals surface area contributed by atoms with Crippen LogP contribution in [0.5, 0.6) is 0 Å². The highest BCUT2D eigenvalue weighted by Gasteiger charge is 2.15. The number of carbonyl (C=O) groups excluding carboxylic acids is 2. The average molecular weight is 430 g/mol. The summed E-state index contributed by atoms with van der Waals surface area (Å²) in [5.74, 6) is -0.691. The van der Waals surface area contributed by atoms with Gasteiger partial charge in [0.05, 0.1) is 6.42 Å². The van der Waals surface area contributed by atoms with Crippen LogP contribution in [0.25, 0.3) is 10.9 Å².